The average Bonchev–Trinajstić information content (AvgIpc) is 2.85. The third-order valence-corrected chi connectivity index (χ3v) is 5.34. The standard InChI is InChI=1S/C15H32N4/c1-13(2)18-10-7-15(11-16,12-18)19-8-5-14(6-9-19)17(3)4/h13-14H,5-12,16H2,1-4H3. The van der Waals surface area contributed by atoms with Crippen molar-refractivity contribution in [2.24, 2.45) is 5.73 Å². The summed E-state index contributed by atoms with van der Waals surface area (Å²) in [5, 5.41) is 0. The Labute approximate surface area is 118 Å². The number of nitrogens with two attached hydrogens (primary N) is 1. The first-order valence-corrected chi connectivity index (χ1v) is 7.84. The zero-order chi connectivity index (χ0) is 14.0. The Kier molecular flexibility index (Phi) is 4.88. The number of likely N-dealkylation sites (tertiary alicyclic amines) is 2. The Balaban J connectivity index is 1.96. The van der Waals surface area contributed by atoms with Gasteiger partial charge in [0, 0.05) is 50.3 Å². The molecule has 2 heterocycles. The molecule has 2 rings (SSSR count). The van der Waals surface area contributed by atoms with Gasteiger partial charge in [-0.1, -0.05) is 0 Å². The van der Waals surface area contributed by atoms with Gasteiger partial charge in [0.05, 0.1) is 0 Å². The van der Waals surface area contributed by atoms with Gasteiger partial charge in [0.15, 0.2) is 0 Å². The highest BCUT2D eigenvalue weighted by Crippen LogP contribution is 2.31. The van der Waals surface area contributed by atoms with Crippen LogP contribution in [0.4, 0.5) is 0 Å². The fourth-order valence-electron chi connectivity index (χ4n) is 3.74. The first-order valence-electron chi connectivity index (χ1n) is 7.84. The van der Waals surface area contributed by atoms with Crippen LogP contribution in [0.2, 0.25) is 0 Å². The SMILES string of the molecule is CC(C)N1CCC(CN)(N2CCC(N(C)C)CC2)C1. The molecule has 2 aliphatic heterocycles. The second-order valence-corrected chi connectivity index (χ2v) is 6.92. The molecule has 19 heavy (non-hydrogen) atoms. The number of piperidine rings is 1. The summed E-state index contributed by atoms with van der Waals surface area (Å²) in [7, 11) is 4.41. The minimum atomic E-state index is 0.252. The zero-order valence-electron chi connectivity index (χ0n) is 13.2. The van der Waals surface area contributed by atoms with E-state index in [1.807, 2.05) is 0 Å². The molecule has 0 spiro atoms. The maximum Gasteiger partial charge on any atom is 0.0470 e. The average molecular weight is 268 g/mol. The van der Waals surface area contributed by atoms with Crippen LogP contribution in [0.1, 0.15) is 33.1 Å². The van der Waals surface area contributed by atoms with Gasteiger partial charge in [-0.2, -0.15) is 0 Å². The van der Waals surface area contributed by atoms with Crippen LogP contribution in [-0.4, -0.2) is 79.1 Å². The molecule has 0 aromatic rings. The summed E-state index contributed by atoms with van der Waals surface area (Å²) in [4.78, 5) is 7.65. The van der Waals surface area contributed by atoms with E-state index in [2.05, 4.69) is 42.6 Å². The van der Waals surface area contributed by atoms with Gasteiger partial charge in [0.25, 0.3) is 0 Å². The molecule has 1 unspecified atom stereocenters. The van der Waals surface area contributed by atoms with Gasteiger partial charge in [-0.15, -0.1) is 0 Å². The molecule has 0 radical (unpaired) electrons. The van der Waals surface area contributed by atoms with Crippen LogP contribution in [0.5, 0.6) is 0 Å². The molecule has 4 nitrogen and oxygen atoms in total. The summed E-state index contributed by atoms with van der Waals surface area (Å²) < 4.78 is 0. The Hall–Kier alpha value is -0.160. The quantitative estimate of drug-likeness (QED) is 0.819. The van der Waals surface area contributed by atoms with Crippen LogP contribution in [0.15, 0.2) is 0 Å². The lowest BCUT2D eigenvalue weighted by Crippen LogP contribution is -2.59. The van der Waals surface area contributed by atoms with Crippen LogP contribution in [0, 0.1) is 0 Å². The highest BCUT2D eigenvalue weighted by molar-refractivity contribution is 5.02. The maximum atomic E-state index is 6.18. The zero-order valence-corrected chi connectivity index (χ0v) is 13.2. The normalized spacial score (nSPS) is 31.7. The predicted octanol–water partition coefficient (Wildman–Crippen LogP) is 0.824. The molecule has 2 N–H and O–H groups in total. The van der Waals surface area contributed by atoms with Crippen molar-refractivity contribution in [2.75, 3.05) is 46.8 Å². The first-order chi connectivity index (χ1) is 8.98. The van der Waals surface area contributed by atoms with Crippen molar-refractivity contribution in [3.63, 3.8) is 0 Å². The third-order valence-electron chi connectivity index (χ3n) is 5.34. The second kappa shape index (κ2) is 6.08. The van der Waals surface area contributed by atoms with E-state index in [0.717, 1.165) is 19.1 Å². The molecule has 0 bridgehead atoms. The summed E-state index contributed by atoms with van der Waals surface area (Å²) in [5.41, 5.74) is 6.43. The van der Waals surface area contributed by atoms with Gasteiger partial charge in [-0.25, -0.2) is 0 Å². The summed E-state index contributed by atoms with van der Waals surface area (Å²) >= 11 is 0. The van der Waals surface area contributed by atoms with Gasteiger partial charge < -0.3 is 10.6 Å². The van der Waals surface area contributed by atoms with E-state index in [0.29, 0.717) is 6.04 Å². The fraction of sp³-hybridized carbons (Fsp3) is 1.00. The second-order valence-electron chi connectivity index (χ2n) is 6.92. The number of hydrogen-bond acceptors (Lipinski definition) is 4. The van der Waals surface area contributed by atoms with Crippen molar-refractivity contribution >= 4 is 0 Å². The van der Waals surface area contributed by atoms with Crippen LogP contribution in [-0.2, 0) is 0 Å². The van der Waals surface area contributed by atoms with Crippen molar-refractivity contribution in [3.8, 4) is 0 Å². The van der Waals surface area contributed by atoms with E-state index < -0.39 is 0 Å². The van der Waals surface area contributed by atoms with Crippen molar-refractivity contribution in [1.29, 1.82) is 0 Å². The topological polar surface area (TPSA) is 35.7 Å². The van der Waals surface area contributed by atoms with Gasteiger partial charge in [0.2, 0.25) is 0 Å². The van der Waals surface area contributed by atoms with Crippen molar-refractivity contribution in [3.05, 3.63) is 0 Å². The van der Waals surface area contributed by atoms with Gasteiger partial charge in [0.1, 0.15) is 0 Å². The van der Waals surface area contributed by atoms with Crippen LogP contribution < -0.4 is 5.73 Å². The summed E-state index contributed by atoms with van der Waals surface area (Å²) in [6, 6.07) is 1.40. The summed E-state index contributed by atoms with van der Waals surface area (Å²) in [5.74, 6) is 0. The maximum absolute atomic E-state index is 6.18. The molecule has 2 aliphatic rings. The number of hydrogen-bond donors (Lipinski definition) is 1. The lowest BCUT2D eigenvalue weighted by molar-refractivity contribution is 0.0474. The molecular weight excluding hydrogens is 236 g/mol. The van der Waals surface area contributed by atoms with Crippen molar-refractivity contribution in [1.82, 2.24) is 14.7 Å². The van der Waals surface area contributed by atoms with Crippen LogP contribution in [0.3, 0.4) is 0 Å². The monoisotopic (exact) mass is 268 g/mol. The van der Waals surface area contributed by atoms with E-state index in [1.165, 1.54) is 38.9 Å². The van der Waals surface area contributed by atoms with Gasteiger partial charge >= 0.3 is 0 Å². The van der Waals surface area contributed by atoms with E-state index in [9.17, 15) is 0 Å². The highest BCUT2D eigenvalue weighted by Gasteiger charge is 2.43. The van der Waals surface area contributed by atoms with Crippen LogP contribution >= 0.6 is 0 Å². The summed E-state index contributed by atoms with van der Waals surface area (Å²) in [6.07, 6.45) is 3.82. The Morgan fingerprint density at radius 3 is 2.26 bits per heavy atom. The number of nitrogens with zero attached hydrogens (tertiary/aromatic N) is 3. The Morgan fingerprint density at radius 2 is 1.84 bits per heavy atom. The molecule has 0 aromatic carbocycles. The number of rotatable bonds is 4. The van der Waals surface area contributed by atoms with Gasteiger partial charge in [-0.3, -0.25) is 9.80 Å². The first kappa shape index (κ1) is 15.2. The Morgan fingerprint density at radius 1 is 1.21 bits per heavy atom. The minimum absolute atomic E-state index is 0.252. The lowest BCUT2D eigenvalue weighted by atomic mass is 9.91. The molecule has 0 saturated carbocycles. The largest absolute Gasteiger partial charge is 0.329 e. The third kappa shape index (κ3) is 3.13. The summed E-state index contributed by atoms with van der Waals surface area (Å²) in [6.45, 7) is 10.2. The fourth-order valence-corrected chi connectivity index (χ4v) is 3.74. The highest BCUT2D eigenvalue weighted by atomic mass is 15.3. The smallest absolute Gasteiger partial charge is 0.0470 e. The van der Waals surface area contributed by atoms with Crippen molar-refractivity contribution in [2.45, 2.75) is 50.7 Å². The molecular formula is C15H32N4. The van der Waals surface area contributed by atoms with E-state index in [1.54, 1.807) is 0 Å². The molecule has 1 atom stereocenters. The van der Waals surface area contributed by atoms with Crippen molar-refractivity contribution < 1.29 is 0 Å². The lowest BCUT2D eigenvalue weighted by Gasteiger charge is -2.45. The van der Waals surface area contributed by atoms with E-state index in [-0.39, 0.29) is 5.54 Å². The molecule has 0 aliphatic carbocycles. The molecule has 0 aromatic heterocycles. The molecule has 112 valence electrons. The minimum Gasteiger partial charge on any atom is -0.329 e. The molecule has 4 heteroatoms. The molecule has 2 fully saturated rings. The van der Waals surface area contributed by atoms with Gasteiger partial charge in [-0.05, 0) is 47.2 Å². The molecule has 2 saturated heterocycles. The molecule has 0 amide bonds. The van der Waals surface area contributed by atoms with Crippen LogP contribution in [0.25, 0.3) is 0 Å². The van der Waals surface area contributed by atoms with E-state index >= 15 is 0 Å². The predicted molar refractivity (Wildman–Crippen MR) is 81.4 cm³/mol. The Bertz CT molecular complexity index is 284. The van der Waals surface area contributed by atoms with E-state index in [4.69, 9.17) is 5.73 Å².